The van der Waals surface area contributed by atoms with Crippen LogP contribution in [0, 0.1) is 16.0 Å². The lowest BCUT2D eigenvalue weighted by atomic mass is 9.89. The second-order valence-electron chi connectivity index (χ2n) is 5.89. The number of carboxylic acid groups (broad SMARTS) is 1. The van der Waals surface area contributed by atoms with Crippen LogP contribution < -0.4 is 4.74 Å². The standard InChI is InChI=1S/C17H17N3O6/c1-10-15(11-3-6-13(25-2)7-4-11)19-9-12(20(23)24)5-8-14(19)18-16(10)26-17(21)22/h3-10,15-16H,1-2H3,(H,21,22). The van der Waals surface area contributed by atoms with Gasteiger partial charge in [0, 0.05) is 12.0 Å². The molecule has 26 heavy (non-hydrogen) atoms. The monoisotopic (exact) mass is 359 g/mol. The van der Waals surface area contributed by atoms with Crippen LogP contribution in [0.3, 0.4) is 0 Å². The molecule has 2 heterocycles. The van der Waals surface area contributed by atoms with Gasteiger partial charge >= 0.3 is 6.16 Å². The number of methoxy groups -OCH3 is 1. The first-order chi connectivity index (χ1) is 12.4. The van der Waals surface area contributed by atoms with Gasteiger partial charge in [-0.1, -0.05) is 19.1 Å². The molecule has 1 N–H and O–H groups in total. The van der Waals surface area contributed by atoms with Gasteiger partial charge in [-0.15, -0.1) is 0 Å². The molecule has 3 unspecified atom stereocenters. The summed E-state index contributed by atoms with van der Waals surface area (Å²) in [6, 6.07) is 6.83. The highest BCUT2D eigenvalue weighted by atomic mass is 16.7. The Kier molecular flexibility index (Phi) is 4.61. The lowest BCUT2D eigenvalue weighted by Gasteiger charge is -2.41. The number of benzene rings is 1. The van der Waals surface area contributed by atoms with Crippen LogP contribution >= 0.6 is 0 Å². The molecule has 0 fully saturated rings. The number of nitro groups is 1. The first-order valence-corrected chi connectivity index (χ1v) is 7.84. The SMILES string of the molecule is COc1ccc(C2C(C)C(OC(=O)O)N=C3C=CC([N+](=O)[O-])=CN32)cc1. The van der Waals surface area contributed by atoms with Crippen molar-refractivity contribution in [3.05, 3.63) is 64.0 Å². The third kappa shape index (κ3) is 3.23. The van der Waals surface area contributed by atoms with Crippen molar-refractivity contribution < 1.29 is 24.3 Å². The Balaban J connectivity index is 2.05. The lowest BCUT2D eigenvalue weighted by molar-refractivity contribution is -0.420. The number of hydrogen-bond donors (Lipinski definition) is 1. The van der Waals surface area contributed by atoms with Gasteiger partial charge < -0.3 is 19.5 Å². The number of allylic oxidation sites excluding steroid dienone is 1. The van der Waals surface area contributed by atoms with E-state index in [-0.39, 0.29) is 11.6 Å². The third-order valence-corrected chi connectivity index (χ3v) is 4.34. The average Bonchev–Trinajstić information content (AvgIpc) is 2.62. The van der Waals surface area contributed by atoms with E-state index in [0.29, 0.717) is 11.6 Å². The number of carbonyl (C=O) groups is 1. The minimum absolute atomic E-state index is 0.0766. The molecule has 3 atom stereocenters. The number of nitrogens with zero attached hydrogens (tertiary/aromatic N) is 3. The Morgan fingerprint density at radius 1 is 1.31 bits per heavy atom. The van der Waals surface area contributed by atoms with Gasteiger partial charge in [0.15, 0.2) is 0 Å². The first kappa shape index (κ1) is 17.5. The van der Waals surface area contributed by atoms with Crippen LogP contribution in [-0.4, -0.2) is 40.3 Å². The number of aliphatic imine (C=N–C) groups is 1. The zero-order chi connectivity index (χ0) is 18.8. The van der Waals surface area contributed by atoms with Gasteiger partial charge in [0.2, 0.25) is 6.23 Å². The van der Waals surface area contributed by atoms with Gasteiger partial charge in [-0.05, 0) is 23.8 Å². The van der Waals surface area contributed by atoms with Gasteiger partial charge in [0.1, 0.15) is 11.6 Å². The van der Waals surface area contributed by atoms with Gasteiger partial charge in [-0.25, -0.2) is 9.79 Å². The molecule has 2 aliphatic heterocycles. The summed E-state index contributed by atoms with van der Waals surface area (Å²) in [5.41, 5.74) is 0.756. The van der Waals surface area contributed by atoms with Crippen molar-refractivity contribution in [1.82, 2.24) is 4.90 Å². The average molecular weight is 359 g/mol. The molecule has 0 bridgehead atoms. The second-order valence-corrected chi connectivity index (χ2v) is 5.89. The Morgan fingerprint density at radius 3 is 2.58 bits per heavy atom. The highest BCUT2D eigenvalue weighted by Crippen LogP contribution is 2.39. The molecule has 9 heteroatoms. The molecule has 1 aromatic carbocycles. The summed E-state index contributed by atoms with van der Waals surface area (Å²) in [6.07, 6.45) is 1.88. The molecule has 9 nitrogen and oxygen atoms in total. The third-order valence-electron chi connectivity index (χ3n) is 4.34. The molecule has 1 aromatic rings. The molecule has 0 spiro atoms. The Bertz CT molecular complexity index is 814. The van der Waals surface area contributed by atoms with E-state index in [4.69, 9.17) is 14.6 Å². The van der Waals surface area contributed by atoms with Crippen molar-refractivity contribution >= 4 is 12.0 Å². The van der Waals surface area contributed by atoms with Crippen molar-refractivity contribution in [3.63, 3.8) is 0 Å². The van der Waals surface area contributed by atoms with Crippen molar-refractivity contribution in [2.24, 2.45) is 10.9 Å². The minimum atomic E-state index is -1.42. The van der Waals surface area contributed by atoms with Crippen LogP contribution in [0.25, 0.3) is 0 Å². The zero-order valence-electron chi connectivity index (χ0n) is 14.1. The normalized spacial score (nSPS) is 24.2. The number of amidine groups is 1. The van der Waals surface area contributed by atoms with E-state index in [1.54, 1.807) is 31.1 Å². The van der Waals surface area contributed by atoms with E-state index in [9.17, 15) is 14.9 Å². The maximum atomic E-state index is 11.1. The molecule has 136 valence electrons. The van der Waals surface area contributed by atoms with E-state index in [1.807, 2.05) is 12.1 Å². The Hall–Kier alpha value is -3.36. The van der Waals surface area contributed by atoms with E-state index >= 15 is 0 Å². The molecular formula is C17H17N3O6. The summed E-state index contributed by atoms with van der Waals surface area (Å²) in [4.78, 5) is 27.6. The number of ether oxygens (including phenoxy) is 2. The second kappa shape index (κ2) is 6.87. The Morgan fingerprint density at radius 2 is 2.00 bits per heavy atom. The van der Waals surface area contributed by atoms with Crippen LogP contribution in [0.5, 0.6) is 5.75 Å². The van der Waals surface area contributed by atoms with Crippen LogP contribution in [-0.2, 0) is 4.74 Å². The van der Waals surface area contributed by atoms with Gasteiger partial charge in [-0.3, -0.25) is 10.1 Å². The highest BCUT2D eigenvalue weighted by molar-refractivity contribution is 5.96. The molecule has 0 aromatic heterocycles. The predicted molar refractivity (Wildman–Crippen MR) is 91.3 cm³/mol. The first-order valence-electron chi connectivity index (χ1n) is 7.84. The van der Waals surface area contributed by atoms with Crippen LogP contribution in [0.15, 0.2) is 53.3 Å². The zero-order valence-corrected chi connectivity index (χ0v) is 14.1. The Labute approximate surface area is 149 Å². The molecule has 0 aliphatic carbocycles. The molecule has 0 saturated carbocycles. The smallest absolute Gasteiger partial charge is 0.497 e. The molecule has 0 saturated heterocycles. The summed E-state index contributed by atoms with van der Waals surface area (Å²) in [5, 5.41) is 20.1. The van der Waals surface area contributed by atoms with Gasteiger partial charge in [-0.2, -0.15) is 0 Å². The fourth-order valence-corrected chi connectivity index (χ4v) is 3.10. The summed E-state index contributed by atoms with van der Waals surface area (Å²) < 4.78 is 10.1. The lowest BCUT2D eigenvalue weighted by Crippen LogP contribution is -2.45. The summed E-state index contributed by atoms with van der Waals surface area (Å²) >= 11 is 0. The van der Waals surface area contributed by atoms with Crippen LogP contribution in [0.2, 0.25) is 0 Å². The van der Waals surface area contributed by atoms with Gasteiger partial charge in [0.25, 0.3) is 5.70 Å². The fraction of sp³-hybridized carbons (Fsp3) is 0.294. The van der Waals surface area contributed by atoms with Crippen molar-refractivity contribution in [2.45, 2.75) is 19.2 Å². The van der Waals surface area contributed by atoms with Crippen molar-refractivity contribution in [3.8, 4) is 5.75 Å². The van der Waals surface area contributed by atoms with Crippen molar-refractivity contribution in [1.29, 1.82) is 0 Å². The quantitative estimate of drug-likeness (QED) is 0.499. The van der Waals surface area contributed by atoms with E-state index < -0.39 is 23.3 Å². The van der Waals surface area contributed by atoms with Crippen LogP contribution in [0.4, 0.5) is 4.79 Å². The molecule has 3 rings (SSSR count). The number of fused-ring (bicyclic) bond motifs is 1. The predicted octanol–water partition coefficient (Wildman–Crippen LogP) is 2.80. The van der Waals surface area contributed by atoms with Gasteiger partial charge in [0.05, 0.1) is 24.3 Å². The van der Waals surface area contributed by atoms with E-state index in [0.717, 1.165) is 5.56 Å². The summed E-state index contributed by atoms with van der Waals surface area (Å²) in [5.74, 6) is 0.698. The maximum absolute atomic E-state index is 11.1. The number of rotatable bonds is 4. The minimum Gasteiger partial charge on any atom is -0.497 e. The molecular weight excluding hydrogens is 342 g/mol. The highest BCUT2D eigenvalue weighted by Gasteiger charge is 2.40. The molecule has 0 amide bonds. The molecule has 2 aliphatic rings. The topological polar surface area (TPSA) is 115 Å². The van der Waals surface area contributed by atoms with Crippen molar-refractivity contribution in [2.75, 3.05) is 7.11 Å². The van der Waals surface area contributed by atoms with E-state index in [1.165, 1.54) is 18.4 Å². The number of hydrogen-bond acceptors (Lipinski definition) is 7. The summed E-state index contributed by atoms with van der Waals surface area (Å²) in [6.45, 7) is 1.79. The van der Waals surface area contributed by atoms with Crippen LogP contribution in [0.1, 0.15) is 18.5 Å². The molecule has 0 radical (unpaired) electrons. The fourth-order valence-electron chi connectivity index (χ4n) is 3.10. The maximum Gasteiger partial charge on any atom is 0.507 e. The summed E-state index contributed by atoms with van der Waals surface area (Å²) in [7, 11) is 1.56. The largest absolute Gasteiger partial charge is 0.507 e. The van der Waals surface area contributed by atoms with E-state index in [2.05, 4.69) is 4.99 Å².